The van der Waals surface area contributed by atoms with E-state index in [9.17, 15) is 4.79 Å². The van der Waals surface area contributed by atoms with E-state index in [1.165, 1.54) is 0 Å². The third-order valence-electron chi connectivity index (χ3n) is 5.79. The minimum atomic E-state index is -0.313. The van der Waals surface area contributed by atoms with Crippen molar-refractivity contribution in [2.75, 3.05) is 33.2 Å². The van der Waals surface area contributed by atoms with Gasteiger partial charge in [-0.2, -0.15) is 0 Å². The molecular weight excluding hydrogens is 342 g/mol. The van der Waals surface area contributed by atoms with Gasteiger partial charge in [-0.25, -0.2) is 4.98 Å². The van der Waals surface area contributed by atoms with Gasteiger partial charge in [0, 0.05) is 32.3 Å². The van der Waals surface area contributed by atoms with Crippen LogP contribution in [-0.2, 0) is 17.8 Å². The monoisotopic (exact) mass is 371 g/mol. The third kappa shape index (κ3) is 4.09. The molecule has 0 unspecified atom stereocenters. The number of furan rings is 1. The van der Waals surface area contributed by atoms with Crippen molar-refractivity contribution in [2.24, 2.45) is 5.92 Å². The molecule has 7 nitrogen and oxygen atoms in total. The second-order valence-electron chi connectivity index (χ2n) is 7.85. The lowest BCUT2D eigenvalue weighted by Gasteiger charge is -2.34. The summed E-state index contributed by atoms with van der Waals surface area (Å²) < 4.78 is 5.69. The standard InChI is InChI=1S/C20H29N5O2/c1-14-3-4-16(27-14)12-25-9-6-15(7-10-25)11-24(2)20(26)19-18-17(5-8-21-19)22-13-23-18/h3-4,13,15,19,21H,5-12H2,1-2H3,(H,22,23)/t19-/m0/s1. The van der Waals surface area contributed by atoms with Gasteiger partial charge in [0.15, 0.2) is 0 Å². The van der Waals surface area contributed by atoms with E-state index in [-0.39, 0.29) is 11.9 Å². The number of hydrogen-bond acceptors (Lipinski definition) is 5. The average Bonchev–Trinajstić information content (AvgIpc) is 3.31. The van der Waals surface area contributed by atoms with Crippen LogP contribution in [0.5, 0.6) is 0 Å². The first kappa shape index (κ1) is 18.3. The number of hydrogen-bond donors (Lipinski definition) is 2. The molecule has 1 saturated heterocycles. The summed E-state index contributed by atoms with van der Waals surface area (Å²) in [6.07, 6.45) is 4.82. The van der Waals surface area contributed by atoms with Gasteiger partial charge in [0.1, 0.15) is 17.6 Å². The van der Waals surface area contributed by atoms with Crippen molar-refractivity contribution < 1.29 is 9.21 Å². The molecule has 4 heterocycles. The van der Waals surface area contributed by atoms with Gasteiger partial charge >= 0.3 is 0 Å². The summed E-state index contributed by atoms with van der Waals surface area (Å²) in [5, 5.41) is 3.32. The van der Waals surface area contributed by atoms with Gasteiger partial charge in [-0.3, -0.25) is 9.69 Å². The normalized spacial score (nSPS) is 21.2. The predicted octanol–water partition coefficient (Wildman–Crippen LogP) is 1.87. The van der Waals surface area contributed by atoms with Crippen LogP contribution in [0.15, 0.2) is 22.9 Å². The lowest BCUT2D eigenvalue weighted by Crippen LogP contribution is -2.45. The first-order chi connectivity index (χ1) is 13.1. The summed E-state index contributed by atoms with van der Waals surface area (Å²) in [4.78, 5) is 24.8. The third-order valence-corrected chi connectivity index (χ3v) is 5.79. The number of carbonyl (C=O) groups is 1. The zero-order valence-electron chi connectivity index (χ0n) is 16.2. The Labute approximate surface area is 160 Å². The summed E-state index contributed by atoms with van der Waals surface area (Å²) >= 11 is 0. The van der Waals surface area contributed by atoms with E-state index in [1.807, 2.05) is 24.9 Å². The maximum atomic E-state index is 12.9. The molecule has 7 heteroatoms. The minimum Gasteiger partial charge on any atom is -0.465 e. The number of aryl methyl sites for hydroxylation is 1. The second kappa shape index (κ2) is 7.86. The molecular formula is C20H29N5O2. The summed E-state index contributed by atoms with van der Waals surface area (Å²) in [7, 11) is 1.92. The SMILES string of the molecule is Cc1ccc(CN2CCC(CN(C)C(=O)[C@H]3NCCc4[nH]cnc43)CC2)o1. The van der Waals surface area contributed by atoms with Crippen LogP contribution in [0.25, 0.3) is 0 Å². The molecule has 1 fully saturated rings. The largest absolute Gasteiger partial charge is 0.465 e. The fourth-order valence-electron chi connectivity index (χ4n) is 4.24. The van der Waals surface area contributed by atoms with Crippen molar-refractivity contribution in [2.45, 2.75) is 38.8 Å². The van der Waals surface area contributed by atoms with E-state index in [4.69, 9.17) is 4.42 Å². The van der Waals surface area contributed by atoms with Gasteiger partial charge in [0.2, 0.25) is 5.91 Å². The average molecular weight is 371 g/mol. The van der Waals surface area contributed by atoms with E-state index < -0.39 is 0 Å². The van der Waals surface area contributed by atoms with Crippen LogP contribution in [0.3, 0.4) is 0 Å². The molecule has 4 rings (SSSR count). The van der Waals surface area contributed by atoms with Gasteiger partial charge in [0.25, 0.3) is 0 Å². The van der Waals surface area contributed by atoms with Crippen LogP contribution >= 0.6 is 0 Å². The van der Waals surface area contributed by atoms with Gasteiger partial charge in [-0.15, -0.1) is 0 Å². The number of nitrogens with one attached hydrogen (secondary N) is 2. The molecule has 0 aliphatic carbocycles. The lowest BCUT2D eigenvalue weighted by molar-refractivity contribution is -0.133. The molecule has 27 heavy (non-hydrogen) atoms. The Morgan fingerprint density at radius 2 is 2.19 bits per heavy atom. The Hall–Kier alpha value is -2.12. The molecule has 1 atom stereocenters. The number of aromatic amines is 1. The first-order valence-electron chi connectivity index (χ1n) is 9.88. The van der Waals surface area contributed by atoms with Crippen LogP contribution in [0, 0.1) is 12.8 Å². The van der Waals surface area contributed by atoms with Crippen LogP contribution in [-0.4, -0.2) is 58.9 Å². The quantitative estimate of drug-likeness (QED) is 0.839. The molecule has 1 amide bonds. The number of amides is 1. The lowest BCUT2D eigenvalue weighted by atomic mass is 9.95. The van der Waals surface area contributed by atoms with Crippen molar-refractivity contribution >= 4 is 5.91 Å². The van der Waals surface area contributed by atoms with Crippen LogP contribution in [0.1, 0.15) is 41.8 Å². The number of likely N-dealkylation sites (N-methyl/N-ethyl adjacent to an activating group) is 1. The van der Waals surface area contributed by atoms with Gasteiger partial charge in [-0.05, 0) is 50.9 Å². The Morgan fingerprint density at radius 1 is 1.37 bits per heavy atom. The van der Waals surface area contributed by atoms with E-state index >= 15 is 0 Å². The van der Waals surface area contributed by atoms with Gasteiger partial charge in [-0.1, -0.05) is 0 Å². The smallest absolute Gasteiger partial charge is 0.245 e. The predicted molar refractivity (Wildman–Crippen MR) is 102 cm³/mol. The number of piperidine rings is 1. The summed E-state index contributed by atoms with van der Waals surface area (Å²) in [6.45, 7) is 6.59. The minimum absolute atomic E-state index is 0.122. The van der Waals surface area contributed by atoms with E-state index in [1.54, 1.807) is 6.33 Å². The van der Waals surface area contributed by atoms with Crippen LogP contribution in [0.2, 0.25) is 0 Å². The number of nitrogens with zero attached hydrogens (tertiary/aromatic N) is 3. The highest BCUT2D eigenvalue weighted by Crippen LogP contribution is 2.24. The Morgan fingerprint density at radius 3 is 2.93 bits per heavy atom. The number of aromatic nitrogens is 2. The topological polar surface area (TPSA) is 77.4 Å². The maximum absolute atomic E-state index is 12.9. The first-order valence-corrected chi connectivity index (χ1v) is 9.88. The number of rotatable bonds is 5. The number of likely N-dealkylation sites (tertiary alicyclic amines) is 1. The number of H-pyrrole nitrogens is 1. The zero-order valence-corrected chi connectivity index (χ0v) is 16.2. The molecule has 2 aliphatic rings. The summed E-state index contributed by atoms with van der Waals surface area (Å²) in [5.41, 5.74) is 1.95. The summed E-state index contributed by atoms with van der Waals surface area (Å²) in [6, 6.07) is 3.77. The summed E-state index contributed by atoms with van der Waals surface area (Å²) in [5.74, 6) is 2.68. The molecule has 2 aliphatic heterocycles. The molecule has 2 aromatic rings. The fraction of sp³-hybridized carbons (Fsp3) is 0.600. The number of imidazole rings is 1. The van der Waals surface area contributed by atoms with Crippen molar-refractivity contribution in [1.29, 1.82) is 0 Å². The Balaban J connectivity index is 1.27. The van der Waals surface area contributed by atoms with E-state index in [0.717, 1.165) is 74.9 Å². The molecule has 2 aromatic heterocycles. The van der Waals surface area contributed by atoms with Crippen molar-refractivity contribution in [3.8, 4) is 0 Å². The molecule has 2 N–H and O–H groups in total. The van der Waals surface area contributed by atoms with Crippen LogP contribution < -0.4 is 5.32 Å². The highest BCUT2D eigenvalue weighted by Gasteiger charge is 2.31. The number of fused-ring (bicyclic) bond motifs is 1. The van der Waals surface area contributed by atoms with Crippen molar-refractivity contribution in [1.82, 2.24) is 25.1 Å². The Kier molecular flexibility index (Phi) is 5.31. The second-order valence-corrected chi connectivity index (χ2v) is 7.85. The highest BCUT2D eigenvalue weighted by atomic mass is 16.3. The van der Waals surface area contributed by atoms with Gasteiger partial charge in [0.05, 0.1) is 18.6 Å². The van der Waals surface area contributed by atoms with Crippen molar-refractivity contribution in [3.05, 3.63) is 41.4 Å². The molecule has 0 saturated carbocycles. The zero-order chi connectivity index (χ0) is 18.8. The van der Waals surface area contributed by atoms with Crippen molar-refractivity contribution in [3.63, 3.8) is 0 Å². The molecule has 0 radical (unpaired) electrons. The molecule has 0 bridgehead atoms. The fourth-order valence-corrected chi connectivity index (χ4v) is 4.24. The van der Waals surface area contributed by atoms with Crippen LogP contribution in [0.4, 0.5) is 0 Å². The van der Waals surface area contributed by atoms with E-state index in [2.05, 4.69) is 26.3 Å². The highest BCUT2D eigenvalue weighted by molar-refractivity contribution is 5.83. The van der Waals surface area contributed by atoms with E-state index in [0.29, 0.717) is 5.92 Å². The Bertz CT molecular complexity index is 775. The van der Waals surface area contributed by atoms with Gasteiger partial charge < -0.3 is 19.6 Å². The molecule has 0 aromatic carbocycles. The maximum Gasteiger partial charge on any atom is 0.245 e. The molecule has 0 spiro atoms. The molecule has 146 valence electrons. The number of carbonyl (C=O) groups excluding carboxylic acids is 1.